The molecule has 0 saturated heterocycles. The summed E-state index contributed by atoms with van der Waals surface area (Å²) in [6, 6.07) is 16.2. The van der Waals surface area contributed by atoms with Gasteiger partial charge in [-0.1, -0.05) is 42.5 Å². The van der Waals surface area contributed by atoms with E-state index < -0.39 is 11.8 Å². The van der Waals surface area contributed by atoms with Crippen LogP contribution in [0.1, 0.15) is 48.3 Å². The van der Waals surface area contributed by atoms with E-state index in [0.717, 1.165) is 42.5 Å². The van der Waals surface area contributed by atoms with E-state index in [9.17, 15) is 9.59 Å². The smallest absolute Gasteiger partial charge is 0.317 e. The number of hydrogen-bond acceptors (Lipinski definition) is 3. The van der Waals surface area contributed by atoms with Crippen molar-refractivity contribution >= 4 is 23.2 Å². The normalized spacial score (nSPS) is 16.5. The molecule has 0 bridgehead atoms. The topological polar surface area (TPSA) is 70.6 Å². The molecule has 5 nitrogen and oxygen atoms in total. The van der Waals surface area contributed by atoms with Crippen molar-refractivity contribution in [3.8, 4) is 0 Å². The molecule has 0 spiro atoms. The van der Waals surface area contributed by atoms with Crippen molar-refractivity contribution in [1.29, 1.82) is 0 Å². The predicted molar refractivity (Wildman–Crippen MR) is 108 cm³/mol. The maximum absolute atomic E-state index is 12.1. The number of amides is 2. The number of carbonyl (C=O) groups excluding carboxylic acids is 2. The van der Waals surface area contributed by atoms with Crippen molar-refractivity contribution in [2.24, 2.45) is 5.10 Å². The van der Waals surface area contributed by atoms with Gasteiger partial charge in [-0.05, 0) is 68.2 Å². The molecule has 3 rings (SSSR count). The van der Waals surface area contributed by atoms with Crippen LogP contribution in [0.5, 0.6) is 0 Å². The third-order valence-electron chi connectivity index (χ3n) is 5.00. The standard InChI is InChI=1S/C22H25N3O2/c1-15-8-9-16(2)20(14-15)23-21(26)22(27)25-24-19-12-10-18(11-13-19)17-6-4-3-5-7-17/h3-9,14,18H,10-13H2,1-2H3,(H,23,26)(H,25,27). The molecule has 0 radical (unpaired) electrons. The lowest BCUT2D eigenvalue weighted by molar-refractivity contribution is -0.136. The van der Waals surface area contributed by atoms with Crippen molar-refractivity contribution in [1.82, 2.24) is 5.43 Å². The average Bonchev–Trinajstić information content (AvgIpc) is 2.70. The number of aryl methyl sites for hydroxylation is 2. The van der Waals surface area contributed by atoms with Gasteiger partial charge in [0.25, 0.3) is 0 Å². The quantitative estimate of drug-likeness (QED) is 0.637. The van der Waals surface area contributed by atoms with Gasteiger partial charge >= 0.3 is 11.8 Å². The van der Waals surface area contributed by atoms with Crippen LogP contribution in [0.3, 0.4) is 0 Å². The molecule has 0 aliphatic heterocycles. The van der Waals surface area contributed by atoms with Gasteiger partial charge in [0.1, 0.15) is 0 Å². The van der Waals surface area contributed by atoms with Gasteiger partial charge in [0, 0.05) is 11.4 Å². The van der Waals surface area contributed by atoms with E-state index in [1.807, 2.05) is 38.1 Å². The number of hydrogen-bond donors (Lipinski definition) is 2. The van der Waals surface area contributed by atoms with Crippen LogP contribution in [-0.4, -0.2) is 17.5 Å². The Bertz CT molecular complexity index is 849. The maximum atomic E-state index is 12.1. The number of nitrogens with zero attached hydrogens (tertiary/aromatic N) is 1. The zero-order chi connectivity index (χ0) is 19.2. The van der Waals surface area contributed by atoms with E-state index in [1.54, 1.807) is 0 Å². The van der Waals surface area contributed by atoms with Crippen LogP contribution in [0.4, 0.5) is 5.69 Å². The molecule has 2 N–H and O–H groups in total. The molecule has 2 aromatic carbocycles. The molecular formula is C22H25N3O2. The molecule has 0 atom stereocenters. The first-order chi connectivity index (χ1) is 13.0. The summed E-state index contributed by atoms with van der Waals surface area (Å²) in [5.41, 5.74) is 7.27. The average molecular weight is 363 g/mol. The summed E-state index contributed by atoms with van der Waals surface area (Å²) in [7, 11) is 0. The van der Waals surface area contributed by atoms with Crippen molar-refractivity contribution in [2.75, 3.05) is 5.32 Å². The lowest BCUT2D eigenvalue weighted by Gasteiger charge is -2.23. The number of anilines is 1. The largest absolute Gasteiger partial charge is 0.329 e. The fourth-order valence-corrected chi connectivity index (χ4v) is 3.35. The van der Waals surface area contributed by atoms with Gasteiger partial charge in [-0.25, -0.2) is 5.43 Å². The second-order valence-electron chi connectivity index (χ2n) is 7.08. The van der Waals surface area contributed by atoms with E-state index in [1.165, 1.54) is 5.56 Å². The number of benzene rings is 2. The molecular weight excluding hydrogens is 338 g/mol. The van der Waals surface area contributed by atoms with Gasteiger partial charge in [0.15, 0.2) is 0 Å². The Hall–Kier alpha value is -2.95. The minimum atomic E-state index is -0.742. The zero-order valence-corrected chi connectivity index (χ0v) is 15.8. The predicted octanol–water partition coefficient (Wildman–Crippen LogP) is 4.07. The summed E-state index contributed by atoms with van der Waals surface area (Å²) >= 11 is 0. The lowest BCUT2D eigenvalue weighted by Crippen LogP contribution is -2.33. The fraction of sp³-hybridized carbons (Fsp3) is 0.318. The van der Waals surface area contributed by atoms with Gasteiger partial charge in [-0.2, -0.15) is 5.10 Å². The van der Waals surface area contributed by atoms with Crippen LogP contribution in [-0.2, 0) is 9.59 Å². The van der Waals surface area contributed by atoms with Crippen molar-refractivity contribution in [3.63, 3.8) is 0 Å². The summed E-state index contributed by atoms with van der Waals surface area (Å²) in [6.45, 7) is 3.82. The zero-order valence-electron chi connectivity index (χ0n) is 15.8. The third-order valence-corrected chi connectivity index (χ3v) is 5.00. The Morgan fingerprint density at radius 1 is 0.963 bits per heavy atom. The Balaban J connectivity index is 1.51. The van der Waals surface area contributed by atoms with E-state index in [-0.39, 0.29) is 0 Å². The molecule has 2 amide bonds. The first kappa shape index (κ1) is 18.8. The highest BCUT2D eigenvalue weighted by Crippen LogP contribution is 2.31. The van der Waals surface area contributed by atoms with E-state index in [4.69, 9.17) is 0 Å². The Labute approximate surface area is 159 Å². The van der Waals surface area contributed by atoms with Gasteiger partial charge in [-0.15, -0.1) is 0 Å². The van der Waals surface area contributed by atoms with Crippen LogP contribution in [0.2, 0.25) is 0 Å². The van der Waals surface area contributed by atoms with Gasteiger partial charge in [0.05, 0.1) is 0 Å². The third kappa shape index (κ3) is 5.03. The lowest BCUT2D eigenvalue weighted by atomic mass is 9.83. The number of nitrogens with one attached hydrogen (secondary N) is 2. The minimum Gasteiger partial charge on any atom is -0.317 e. The summed E-state index contributed by atoms with van der Waals surface area (Å²) in [6.07, 6.45) is 3.68. The molecule has 0 aromatic heterocycles. The summed E-state index contributed by atoms with van der Waals surface area (Å²) in [4.78, 5) is 24.1. The Kier molecular flexibility index (Phi) is 6.01. The molecule has 1 fully saturated rings. The number of carbonyl (C=O) groups is 2. The van der Waals surface area contributed by atoms with Crippen molar-refractivity contribution in [2.45, 2.75) is 45.4 Å². The monoisotopic (exact) mass is 363 g/mol. The van der Waals surface area contributed by atoms with Crippen LogP contribution in [0.25, 0.3) is 0 Å². The van der Waals surface area contributed by atoms with Crippen molar-refractivity contribution < 1.29 is 9.59 Å². The molecule has 0 unspecified atom stereocenters. The highest BCUT2D eigenvalue weighted by atomic mass is 16.2. The molecule has 27 heavy (non-hydrogen) atoms. The Morgan fingerprint density at radius 2 is 1.67 bits per heavy atom. The van der Waals surface area contributed by atoms with E-state index in [2.05, 4.69) is 40.1 Å². The second kappa shape index (κ2) is 8.62. The first-order valence-electron chi connectivity index (χ1n) is 9.32. The molecule has 2 aromatic rings. The summed E-state index contributed by atoms with van der Waals surface area (Å²) in [5, 5.41) is 6.82. The first-order valence-corrected chi connectivity index (χ1v) is 9.32. The van der Waals surface area contributed by atoms with Gasteiger partial charge in [-0.3, -0.25) is 9.59 Å². The maximum Gasteiger partial charge on any atom is 0.329 e. The van der Waals surface area contributed by atoms with Crippen LogP contribution >= 0.6 is 0 Å². The van der Waals surface area contributed by atoms with Crippen LogP contribution in [0.15, 0.2) is 53.6 Å². The van der Waals surface area contributed by atoms with E-state index in [0.29, 0.717) is 11.6 Å². The summed E-state index contributed by atoms with van der Waals surface area (Å²) < 4.78 is 0. The number of hydrazone groups is 1. The van der Waals surface area contributed by atoms with Crippen molar-refractivity contribution in [3.05, 3.63) is 65.2 Å². The van der Waals surface area contributed by atoms with Gasteiger partial charge in [0.2, 0.25) is 0 Å². The molecule has 0 heterocycles. The highest BCUT2D eigenvalue weighted by molar-refractivity contribution is 6.39. The molecule has 1 aliphatic rings. The van der Waals surface area contributed by atoms with Gasteiger partial charge < -0.3 is 5.32 Å². The summed E-state index contributed by atoms with van der Waals surface area (Å²) in [5.74, 6) is -0.909. The second-order valence-corrected chi connectivity index (χ2v) is 7.08. The SMILES string of the molecule is Cc1ccc(C)c(NC(=O)C(=O)NN=C2CCC(c3ccccc3)CC2)c1. The van der Waals surface area contributed by atoms with Crippen LogP contribution < -0.4 is 10.7 Å². The van der Waals surface area contributed by atoms with Crippen LogP contribution in [0, 0.1) is 13.8 Å². The Morgan fingerprint density at radius 3 is 2.37 bits per heavy atom. The van der Waals surface area contributed by atoms with E-state index >= 15 is 0 Å². The molecule has 1 saturated carbocycles. The molecule has 140 valence electrons. The molecule has 1 aliphatic carbocycles. The molecule has 5 heteroatoms. The fourth-order valence-electron chi connectivity index (χ4n) is 3.35. The number of rotatable bonds is 3. The minimum absolute atomic E-state index is 0.536. The highest BCUT2D eigenvalue weighted by Gasteiger charge is 2.20.